The monoisotopic (exact) mass is 930 g/mol. The van der Waals surface area contributed by atoms with Crippen LogP contribution >= 0.6 is 0 Å². The van der Waals surface area contributed by atoms with Crippen molar-refractivity contribution in [2.45, 2.75) is 90.0 Å². The maximum absolute atomic E-state index is 12.1. The third-order valence-corrected chi connectivity index (χ3v) is 7.71. The van der Waals surface area contributed by atoms with Crippen molar-refractivity contribution in [3.05, 3.63) is 117 Å². The molecule has 0 aliphatic heterocycles. The average molecular weight is 930 g/mol. The number of anilines is 3. The zero-order chi connectivity index (χ0) is 53.4. The Bertz CT molecular complexity index is 2560. The summed E-state index contributed by atoms with van der Waals surface area (Å²) in [5.74, 6) is 0.994. The van der Waals surface area contributed by atoms with Gasteiger partial charge < -0.3 is 5.32 Å². The summed E-state index contributed by atoms with van der Waals surface area (Å²) in [7, 11) is 11.1. The molecule has 3 heterocycles. The number of carbonyl (C=O) groups is 2. The zero-order valence-corrected chi connectivity index (χ0v) is 44.0. The third-order valence-electron chi connectivity index (χ3n) is 7.71. The van der Waals surface area contributed by atoms with Gasteiger partial charge in [-0.1, -0.05) is 119 Å². The van der Waals surface area contributed by atoms with E-state index in [9.17, 15) is 24.0 Å². The van der Waals surface area contributed by atoms with Crippen molar-refractivity contribution in [1.29, 1.82) is 0 Å². The third kappa shape index (κ3) is 21.0. The van der Waals surface area contributed by atoms with E-state index in [0.717, 1.165) is 5.52 Å². The number of nitrogens with zero attached hydrogens (tertiary/aromatic N) is 10. The lowest BCUT2D eigenvalue weighted by atomic mass is 10.2. The van der Waals surface area contributed by atoms with E-state index in [1.54, 1.807) is 83.8 Å². The fraction of sp³-hybridized carbons (Fsp3) is 0.400. The molecule has 3 aromatic heterocycles. The minimum atomic E-state index is -0.562. The van der Waals surface area contributed by atoms with Crippen LogP contribution in [0.2, 0.25) is 0 Å². The van der Waals surface area contributed by atoms with Crippen molar-refractivity contribution < 1.29 is 14.4 Å². The predicted molar refractivity (Wildman–Crippen MR) is 286 cm³/mol. The van der Waals surface area contributed by atoms with Crippen LogP contribution in [0.4, 0.5) is 22.6 Å². The number of hydrogen-bond acceptors (Lipinski definition) is 11. The molecule has 6 rings (SSSR count). The van der Waals surface area contributed by atoms with Gasteiger partial charge in [0, 0.05) is 56.3 Å². The normalized spacial score (nSPS) is 8.48. The van der Waals surface area contributed by atoms with Gasteiger partial charge in [-0.3, -0.25) is 42.7 Å². The molecule has 0 saturated carbocycles. The molecule has 0 atom stereocenters. The molecule has 6 aromatic rings. The number of fused-ring (bicyclic) bond motifs is 3. The second kappa shape index (κ2) is 41.3. The maximum Gasteiger partial charge on any atom is 0.349 e. The van der Waals surface area contributed by atoms with E-state index < -0.39 is 6.03 Å². The molecule has 0 fully saturated rings. The van der Waals surface area contributed by atoms with Gasteiger partial charge in [-0.25, -0.2) is 34.5 Å². The second-order valence-electron chi connectivity index (χ2n) is 11.0. The van der Waals surface area contributed by atoms with Gasteiger partial charge in [0.2, 0.25) is 29.8 Å². The van der Waals surface area contributed by atoms with Gasteiger partial charge in [-0.2, -0.15) is 0 Å². The van der Waals surface area contributed by atoms with Gasteiger partial charge in [0.15, 0.2) is 0 Å². The Balaban J connectivity index is -0.000000245. The van der Waals surface area contributed by atoms with Crippen molar-refractivity contribution >= 4 is 75.3 Å². The summed E-state index contributed by atoms with van der Waals surface area (Å²) >= 11 is 0. The number of hydrogen-bond donors (Lipinski definition) is 1. The zero-order valence-electron chi connectivity index (χ0n) is 44.0. The number of aliphatic imine (C=N–C) groups is 2. The lowest BCUT2D eigenvalue weighted by Gasteiger charge is -2.17. The lowest BCUT2D eigenvalue weighted by Crippen LogP contribution is -2.31. The Morgan fingerprint density at radius 1 is 0.582 bits per heavy atom. The summed E-state index contributed by atoms with van der Waals surface area (Å²) in [5.41, 5.74) is 1.47. The van der Waals surface area contributed by atoms with E-state index in [-0.39, 0.29) is 28.5 Å². The van der Waals surface area contributed by atoms with Crippen molar-refractivity contribution in [3.63, 3.8) is 0 Å². The van der Waals surface area contributed by atoms with Crippen LogP contribution in [0.1, 0.15) is 90.0 Å². The standard InChI is InChI=1S/C12H12N4O2.C12H13N3O2.C10H11N3O.C2H3NO.6C2H6.C2H4/c1-13-12(18)16(3)11-14-9-7-5-4-6-8(9)10(17)15(11)2;1-8(16)14(2)12-13-10-7-5-4-6-9(10)11(17)15(12)3;1-11-10-12-8-6-4-3-5-7(8)9(14)13(10)2;1-3-2-4;7*1-2/h4-7H,1H2,2-3H3;4-7H,1-3H3;3-6H,1-2H3,(H,11,12);1H3;6*1-2H3;1-2H2. The molecule has 0 spiro atoms. The van der Waals surface area contributed by atoms with Gasteiger partial charge in [0.1, 0.15) is 0 Å². The summed E-state index contributed by atoms with van der Waals surface area (Å²) in [6, 6.07) is 20.8. The fourth-order valence-corrected chi connectivity index (χ4v) is 4.79. The fourth-order valence-electron chi connectivity index (χ4n) is 4.79. The molecule has 0 aliphatic carbocycles. The summed E-state index contributed by atoms with van der Waals surface area (Å²) < 4.78 is 4.19. The first kappa shape index (κ1) is 68.7. The van der Waals surface area contributed by atoms with Gasteiger partial charge in [0.25, 0.3) is 16.7 Å². The first-order chi connectivity index (χ1) is 32.2. The van der Waals surface area contributed by atoms with Crippen molar-refractivity contribution in [2.24, 2.45) is 31.1 Å². The molecular weight excluding hydrogens is 851 g/mol. The van der Waals surface area contributed by atoms with Crippen LogP contribution in [-0.2, 0) is 30.7 Å². The predicted octanol–water partition coefficient (Wildman–Crippen LogP) is 9.99. The number of aromatic nitrogens is 6. The summed E-state index contributed by atoms with van der Waals surface area (Å²) in [6.07, 6.45) is 1.31. The Labute approximate surface area is 398 Å². The van der Waals surface area contributed by atoms with Gasteiger partial charge in [-0.05, 0) is 43.1 Å². The number of carbonyl (C=O) groups excluding carboxylic acids is 3. The first-order valence-corrected chi connectivity index (χ1v) is 22.2. The Morgan fingerprint density at radius 2 is 0.866 bits per heavy atom. The number of para-hydroxylation sites is 3. The quantitative estimate of drug-likeness (QED) is 0.101. The largest absolute Gasteiger partial charge is 0.359 e. The highest BCUT2D eigenvalue weighted by Gasteiger charge is 2.16. The van der Waals surface area contributed by atoms with Crippen molar-refractivity contribution in [1.82, 2.24) is 28.7 Å². The van der Waals surface area contributed by atoms with Crippen LogP contribution in [-0.4, -0.2) is 81.6 Å². The smallest absolute Gasteiger partial charge is 0.349 e. The Kier molecular flexibility index (Phi) is 42.3. The molecule has 67 heavy (non-hydrogen) atoms. The second-order valence-corrected chi connectivity index (χ2v) is 11.0. The van der Waals surface area contributed by atoms with Crippen LogP contribution in [0.5, 0.6) is 0 Å². The molecule has 0 bridgehead atoms. The summed E-state index contributed by atoms with van der Waals surface area (Å²) in [6.45, 7) is 34.6. The number of nitrogens with one attached hydrogen (secondary N) is 1. The number of amides is 3. The van der Waals surface area contributed by atoms with E-state index in [1.165, 1.54) is 50.6 Å². The van der Waals surface area contributed by atoms with Crippen LogP contribution < -0.4 is 31.8 Å². The van der Waals surface area contributed by atoms with E-state index in [1.807, 2.05) is 107 Å². The molecule has 17 nitrogen and oxygen atoms in total. The van der Waals surface area contributed by atoms with E-state index in [0.29, 0.717) is 39.1 Å². The summed E-state index contributed by atoms with van der Waals surface area (Å²) in [4.78, 5) is 89.3. The van der Waals surface area contributed by atoms with E-state index >= 15 is 0 Å². The summed E-state index contributed by atoms with van der Waals surface area (Å²) in [5, 5.41) is 4.59. The highest BCUT2D eigenvalue weighted by atomic mass is 16.2. The van der Waals surface area contributed by atoms with Crippen LogP contribution in [0.3, 0.4) is 0 Å². The van der Waals surface area contributed by atoms with Gasteiger partial charge in [-0.15, -0.1) is 13.2 Å². The molecule has 0 unspecified atom stereocenters. The van der Waals surface area contributed by atoms with Gasteiger partial charge >= 0.3 is 6.03 Å². The molecule has 0 aliphatic rings. The highest BCUT2D eigenvalue weighted by molar-refractivity contribution is 5.93. The van der Waals surface area contributed by atoms with E-state index in [4.69, 9.17) is 4.79 Å². The maximum atomic E-state index is 12.1. The highest BCUT2D eigenvalue weighted by Crippen LogP contribution is 2.14. The van der Waals surface area contributed by atoms with Crippen LogP contribution in [0.15, 0.2) is 110 Å². The van der Waals surface area contributed by atoms with Crippen LogP contribution in [0, 0.1) is 0 Å². The van der Waals surface area contributed by atoms with E-state index in [2.05, 4.69) is 50.1 Å². The molecule has 0 radical (unpaired) electrons. The lowest BCUT2D eigenvalue weighted by molar-refractivity contribution is -0.116. The van der Waals surface area contributed by atoms with Crippen LogP contribution in [0.25, 0.3) is 32.7 Å². The number of benzene rings is 3. The molecular formula is C50H79N11O6. The van der Waals surface area contributed by atoms with Crippen molar-refractivity contribution in [2.75, 3.05) is 43.3 Å². The van der Waals surface area contributed by atoms with Crippen molar-refractivity contribution in [3.8, 4) is 0 Å². The topological polar surface area (TPSA) is 199 Å². The first-order valence-electron chi connectivity index (χ1n) is 22.2. The minimum absolute atomic E-state index is 0.0278. The molecule has 1 N–H and O–H groups in total. The molecule has 3 aromatic carbocycles. The SMILES string of the molecule is C=C.C=NC(=O)N(C)c1nc2ccccc2c(=O)n1C.CC.CC.CC.CC.CC.CC.CC(=O)N(C)c1nc2ccccc2c(=O)n1C.CN=C=O.CNc1nc2ccccc2c(=O)n1C. The van der Waals surface area contributed by atoms with Gasteiger partial charge in [0.05, 0.1) is 32.7 Å². The Hall–Kier alpha value is -7.39. The average Bonchev–Trinajstić information content (AvgIpc) is 3.41. The number of isocyanates is 1. The molecule has 17 heteroatoms. The molecule has 0 saturated heterocycles. The minimum Gasteiger partial charge on any atom is -0.359 e. The Morgan fingerprint density at radius 3 is 1.15 bits per heavy atom. The number of rotatable bonds is 3. The molecule has 3 amide bonds. The molecule has 370 valence electrons. The number of urea groups is 1.